The van der Waals surface area contributed by atoms with E-state index >= 15 is 0 Å². The Labute approximate surface area is 133 Å². The van der Waals surface area contributed by atoms with Crippen LogP contribution in [0.3, 0.4) is 0 Å². The van der Waals surface area contributed by atoms with Crippen LogP contribution in [0.5, 0.6) is 0 Å². The smallest absolute Gasteiger partial charge is 0.0745 e. The van der Waals surface area contributed by atoms with Gasteiger partial charge in [-0.2, -0.15) is 0 Å². The van der Waals surface area contributed by atoms with Crippen molar-refractivity contribution in [3.8, 4) is 0 Å². The minimum absolute atomic E-state index is 0.324. The molecule has 1 unspecified atom stereocenters. The Kier molecular flexibility index (Phi) is 16.2. The predicted octanol–water partition coefficient (Wildman–Crippen LogP) is 5.72. The molecular weight excluding hydrogens is 260 g/mol. The van der Waals surface area contributed by atoms with Crippen LogP contribution in [-0.4, -0.2) is 24.4 Å². The van der Waals surface area contributed by atoms with E-state index in [2.05, 4.69) is 13.8 Å². The highest BCUT2D eigenvalue weighted by Crippen LogP contribution is 2.13. The van der Waals surface area contributed by atoms with Crippen molar-refractivity contribution in [3.05, 3.63) is 0 Å². The molecule has 0 spiro atoms. The predicted molar refractivity (Wildman–Crippen MR) is 92.7 cm³/mol. The number of ether oxygens (including phenoxy) is 1. The standard InChI is InChI=1S/C19H40O2/c1-18(2)15-13-11-9-7-5-4-6-8-10-12-14-16-21-17-19(3)20/h18-20H,4-17H2,1-3H3. The third-order valence-electron chi connectivity index (χ3n) is 3.93. The maximum Gasteiger partial charge on any atom is 0.0745 e. The second kappa shape index (κ2) is 16.3. The van der Waals surface area contributed by atoms with Crippen molar-refractivity contribution in [1.29, 1.82) is 0 Å². The van der Waals surface area contributed by atoms with Gasteiger partial charge in [0.15, 0.2) is 0 Å². The highest BCUT2D eigenvalue weighted by atomic mass is 16.5. The van der Waals surface area contributed by atoms with Gasteiger partial charge >= 0.3 is 0 Å². The van der Waals surface area contributed by atoms with Crippen molar-refractivity contribution in [3.63, 3.8) is 0 Å². The minimum Gasteiger partial charge on any atom is -0.391 e. The van der Waals surface area contributed by atoms with E-state index < -0.39 is 0 Å². The Morgan fingerprint density at radius 3 is 1.52 bits per heavy atom. The Morgan fingerprint density at radius 2 is 1.10 bits per heavy atom. The SMILES string of the molecule is CC(C)CCCCCCCCCCCCCOCC(C)O. The Hall–Kier alpha value is -0.0800. The zero-order valence-corrected chi connectivity index (χ0v) is 14.9. The highest BCUT2D eigenvalue weighted by Gasteiger charge is 1.97. The van der Waals surface area contributed by atoms with E-state index in [-0.39, 0.29) is 6.10 Å². The van der Waals surface area contributed by atoms with E-state index in [0.717, 1.165) is 18.9 Å². The molecule has 0 rings (SSSR count). The fourth-order valence-electron chi connectivity index (χ4n) is 2.60. The average molecular weight is 301 g/mol. The summed E-state index contributed by atoms with van der Waals surface area (Å²) in [4.78, 5) is 0. The van der Waals surface area contributed by atoms with Crippen molar-refractivity contribution < 1.29 is 9.84 Å². The molecule has 0 fully saturated rings. The molecule has 0 aromatic heterocycles. The van der Waals surface area contributed by atoms with Gasteiger partial charge in [-0.15, -0.1) is 0 Å². The van der Waals surface area contributed by atoms with Crippen LogP contribution in [0.25, 0.3) is 0 Å². The molecule has 0 radical (unpaired) electrons. The quantitative estimate of drug-likeness (QED) is 0.369. The number of hydrogen-bond donors (Lipinski definition) is 1. The van der Waals surface area contributed by atoms with Crippen LogP contribution < -0.4 is 0 Å². The summed E-state index contributed by atoms with van der Waals surface area (Å²) in [6, 6.07) is 0. The number of aliphatic hydroxyl groups is 1. The second-order valence-corrected chi connectivity index (χ2v) is 7.00. The number of hydrogen-bond acceptors (Lipinski definition) is 2. The van der Waals surface area contributed by atoms with Gasteiger partial charge in [-0.1, -0.05) is 84.5 Å². The normalized spacial score (nSPS) is 13.0. The van der Waals surface area contributed by atoms with Gasteiger partial charge in [-0.25, -0.2) is 0 Å². The van der Waals surface area contributed by atoms with Gasteiger partial charge in [0.1, 0.15) is 0 Å². The van der Waals surface area contributed by atoms with Crippen molar-refractivity contribution in [2.75, 3.05) is 13.2 Å². The minimum atomic E-state index is -0.324. The molecule has 1 N–H and O–H groups in total. The molecule has 0 aromatic rings. The van der Waals surface area contributed by atoms with E-state index in [1.54, 1.807) is 6.92 Å². The summed E-state index contributed by atoms with van der Waals surface area (Å²) in [6.45, 7) is 7.70. The first-order valence-corrected chi connectivity index (χ1v) is 9.38. The van der Waals surface area contributed by atoms with E-state index in [0.29, 0.717) is 6.61 Å². The summed E-state index contributed by atoms with van der Waals surface area (Å²) in [5, 5.41) is 9.04. The van der Waals surface area contributed by atoms with Gasteiger partial charge in [0, 0.05) is 6.61 Å². The number of aliphatic hydroxyl groups excluding tert-OH is 1. The van der Waals surface area contributed by atoms with Crippen molar-refractivity contribution in [2.45, 2.75) is 104 Å². The van der Waals surface area contributed by atoms with Crippen LogP contribution in [0, 0.1) is 5.92 Å². The second-order valence-electron chi connectivity index (χ2n) is 7.00. The van der Waals surface area contributed by atoms with Crippen molar-refractivity contribution >= 4 is 0 Å². The van der Waals surface area contributed by atoms with Crippen LogP contribution in [0.4, 0.5) is 0 Å². The summed E-state index contributed by atoms with van der Waals surface area (Å²) in [5.74, 6) is 0.877. The molecule has 0 saturated carbocycles. The summed E-state index contributed by atoms with van der Waals surface area (Å²) >= 11 is 0. The Balaban J connectivity index is 2.96. The molecular formula is C19H40O2. The van der Waals surface area contributed by atoms with Gasteiger partial charge in [-0.05, 0) is 19.3 Å². The van der Waals surface area contributed by atoms with Crippen LogP contribution in [0.1, 0.15) is 97.8 Å². The first-order chi connectivity index (χ1) is 10.1. The molecule has 0 bridgehead atoms. The molecule has 0 aromatic carbocycles. The molecule has 0 amide bonds. The van der Waals surface area contributed by atoms with Gasteiger partial charge < -0.3 is 9.84 Å². The van der Waals surface area contributed by atoms with Crippen LogP contribution >= 0.6 is 0 Å². The molecule has 0 heterocycles. The van der Waals surface area contributed by atoms with E-state index in [9.17, 15) is 0 Å². The van der Waals surface area contributed by atoms with Crippen molar-refractivity contribution in [2.24, 2.45) is 5.92 Å². The maximum atomic E-state index is 9.04. The molecule has 1 atom stereocenters. The largest absolute Gasteiger partial charge is 0.391 e. The first-order valence-electron chi connectivity index (χ1n) is 9.38. The fraction of sp³-hybridized carbons (Fsp3) is 1.00. The van der Waals surface area contributed by atoms with Gasteiger partial charge in [0.2, 0.25) is 0 Å². The highest BCUT2D eigenvalue weighted by molar-refractivity contribution is 4.50. The monoisotopic (exact) mass is 300 g/mol. The topological polar surface area (TPSA) is 29.5 Å². The van der Waals surface area contributed by atoms with Crippen LogP contribution in [0.2, 0.25) is 0 Å². The average Bonchev–Trinajstić information content (AvgIpc) is 2.42. The fourth-order valence-corrected chi connectivity index (χ4v) is 2.60. The lowest BCUT2D eigenvalue weighted by molar-refractivity contribution is 0.0445. The molecule has 2 nitrogen and oxygen atoms in total. The molecule has 21 heavy (non-hydrogen) atoms. The van der Waals surface area contributed by atoms with Gasteiger partial charge in [0.05, 0.1) is 12.7 Å². The summed E-state index contributed by atoms with van der Waals surface area (Å²) in [6.07, 6.45) is 16.2. The van der Waals surface area contributed by atoms with E-state index in [1.165, 1.54) is 70.6 Å². The Bertz CT molecular complexity index is 170. The zero-order chi connectivity index (χ0) is 15.8. The molecule has 0 saturated heterocycles. The molecule has 2 heteroatoms. The lowest BCUT2D eigenvalue weighted by atomic mass is 10.0. The Morgan fingerprint density at radius 1 is 0.667 bits per heavy atom. The molecule has 0 aliphatic rings. The molecule has 128 valence electrons. The van der Waals surface area contributed by atoms with Gasteiger partial charge in [0.25, 0.3) is 0 Å². The lowest BCUT2D eigenvalue weighted by Gasteiger charge is -2.06. The van der Waals surface area contributed by atoms with Crippen molar-refractivity contribution in [1.82, 2.24) is 0 Å². The summed E-state index contributed by atoms with van der Waals surface area (Å²) in [5.41, 5.74) is 0. The van der Waals surface area contributed by atoms with Crippen LogP contribution in [0.15, 0.2) is 0 Å². The molecule has 0 aliphatic carbocycles. The zero-order valence-electron chi connectivity index (χ0n) is 14.9. The van der Waals surface area contributed by atoms with Gasteiger partial charge in [-0.3, -0.25) is 0 Å². The number of rotatable bonds is 16. The third-order valence-corrected chi connectivity index (χ3v) is 3.93. The number of unbranched alkanes of at least 4 members (excludes halogenated alkanes) is 10. The third kappa shape index (κ3) is 19.9. The maximum absolute atomic E-state index is 9.04. The summed E-state index contributed by atoms with van der Waals surface area (Å²) < 4.78 is 5.35. The molecule has 0 aliphatic heterocycles. The summed E-state index contributed by atoms with van der Waals surface area (Å²) in [7, 11) is 0. The van der Waals surface area contributed by atoms with E-state index in [4.69, 9.17) is 9.84 Å². The van der Waals surface area contributed by atoms with E-state index in [1.807, 2.05) is 0 Å². The van der Waals surface area contributed by atoms with Crippen LogP contribution in [-0.2, 0) is 4.74 Å². The lowest BCUT2D eigenvalue weighted by Crippen LogP contribution is -2.10. The first kappa shape index (κ1) is 20.9.